The van der Waals surface area contributed by atoms with Gasteiger partial charge in [0.25, 0.3) is 0 Å². The fraction of sp³-hybridized carbons (Fsp3) is 0.818. The molecule has 0 unspecified atom stereocenters. The van der Waals surface area contributed by atoms with Crippen LogP contribution in [0.4, 0.5) is 4.79 Å². The van der Waals surface area contributed by atoms with Crippen LogP contribution in [0.15, 0.2) is 0 Å². The number of nitrogens with one attached hydrogen (secondary N) is 1. The van der Waals surface area contributed by atoms with Crippen LogP contribution in [0.5, 0.6) is 0 Å². The zero-order chi connectivity index (χ0) is 12.0. The number of hydrogen-bond acceptors (Lipinski definition) is 3. The third kappa shape index (κ3) is 4.08. The molecule has 0 heterocycles. The van der Waals surface area contributed by atoms with Gasteiger partial charge in [0, 0.05) is 12.6 Å². The Balaban J connectivity index is 2.40. The van der Waals surface area contributed by atoms with Crippen LogP contribution in [0.3, 0.4) is 0 Å². The van der Waals surface area contributed by atoms with Crippen molar-refractivity contribution in [2.45, 2.75) is 39.2 Å². The number of esters is 1. The van der Waals surface area contributed by atoms with Crippen LogP contribution in [-0.2, 0) is 9.53 Å². The molecule has 1 saturated carbocycles. The monoisotopic (exact) mass is 228 g/mol. The fourth-order valence-corrected chi connectivity index (χ4v) is 1.43. The minimum Gasteiger partial charge on any atom is -0.465 e. The lowest BCUT2D eigenvalue weighted by Crippen LogP contribution is -2.44. The van der Waals surface area contributed by atoms with E-state index in [1.807, 2.05) is 6.92 Å². The average Bonchev–Trinajstić information content (AvgIpc) is 3.06. The minimum atomic E-state index is -0.332. The van der Waals surface area contributed by atoms with Gasteiger partial charge in [0.05, 0.1) is 6.61 Å². The Bertz CT molecular complexity index is 252. The first kappa shape index (κ1) is 12.8. The second kappa shape index (κ2) is 6.35. The van der Waals surface area contributed by atoms with Gasteiger partial charge in [-0.25, -0.2) is 4.79 Å². The maximum atomic E-state index is 11.7. The van der Waals surface area contributed by atoms with E-state index in [4.69, 9.17) is 4.74 Å². The van der Waals surface area contributed by atoms with Crippen LogP contribution >= 0.6 is 0 Å². The average molecular weight is 228 g/mol. The molecule has 0 aromatic carbocycles. The molecular formula is C11H20N2O3. The SMILES string of the molecule is CCCNC(=O)N(CC(=O)OCC)C1CC1. The van der Waals surface area contributed by atoms with Gasteiger partial charge in [0.1, 0.15) is 6.54 Å². The molecule has 1 N–H and O–H groups in total. The van der Waals surface area contributed by atoms with E-state index in [1.165, 1.54) is 0 Å². The molecule has 0 atom stereocenters. The molecule has 0 aromatic heterocycles. The number of rotatable bonds is 6. The van der Waals surface area contributed by atoms with Crippen molar-refractivity contribution in [3.63, 3.8) is 0 Å². The normalized spacial score (nSPS) is 14.4. The topological polar surface area (TPSA) is 58.6 Å². The largest absolute Gasteiger partial charge is 0.465 e. The summed E-state index contributed by atoms with van der Waals surface area (Å²) in [5.41, 5.74) is 0. The molecule has 0 aromatic rings. The zero-order valence-electron chi connectivity index (χ0n) is 9.99. The Morgan fingerprint density at radius 1 is 1.38 bits per heavy atom. The fourth-order valence-electron chi connectivity index (χ4n) is 1.43. The van der Waals surface area contributed by atoms with Gasteiger partial charge in [-0.1, -0.05) is 6.92 Å². The standard InChI is InChI=1S/C11H20N2O3/c1-3-7-12-11(15)13(9-5-6-9)8-10(14)16-4-2/h9H,3-8H2,1-2H3,(H,12,15). The molecule has 16 heavy (non-hydrogen) atoms. The van der Waals surface area contributed by atoms with Gasteiger partial charge in [0.15, 0.2) is 0 Å². The van der Waals surface area contributed by atoms with E-state index >= 15 is 0 Å². The first-order valence-electron chi connectivity index (χ1n) is 5.89. The Labute approximate surface area is 96.1 Å². The van der Waals surface area contributed by atoms with Crippen molar-refractivity contribution in [3.05, 3.63) is 0 Å². The molecule has 0 aliphatic heterocycles. The summed E-state index contributed by atoms with van der Waals surface area (Å²) in [5, 5.41) is 2.78. The first-order valence-corrected chi connectivity index (χ1v) is 5.89. The Kier molecular flexibility index (Phi) is 5.08. The summed E-state index contributed by atoms with van der Waals surface area (Å²) in [6.07, 6.45) is 2.86. The number of ether oxygens (including phenoxy) is 1. The van der Waals surface area contributed by atoms with E-state index < -0.39 is 0 Å². The summed E-state index contributed by atoms with van der Waals surface area (Å²) in [6.45, 7) is 4.82. The number of carbonyl (C=O) groups excluding carboxylic acids is 2. The van der Waals surface area contributed by atoms with Crippen LogP contribution in [-0.4, -0.2) is 42.6 Å². The van der Waals surface area contributed by atoms with E-state index in [2.05, 4.69) is 5.32 Å². The van der Waals surface area contributed by atoms with E-state index in [9.17, 15) is 9.59 Å². The minimum absolute atomic E-state index is 0.0635. The third-order valence-corrected chi connectivity index (χ3v) is 2.38. The van der Waals surface area contributed by atoms with Gasteiger partial charge < -0.3 is 15.0 Å². The Hall–Kier alpha value is -1.26. The van der Waals surface area contributed by atoms with Crippen LogP contribution < -0.4 is 5.32 Å². The third-order valence-electron chi connectivity index (χ3n) is 2.38. The molecule has 5 nitrogen and oxygen atoms in total. The summed E-state index contributed by atoms with van der Waals surface area (Å²) < 4.78 is 4.84. The van der Waals surface area contributed by atoms with Crippen LogP contribution in [0, 0.1) is 0 Å². The molecule has 2 amide bonds. The number of urea groups is 1. The smallest absolute Gasteiger partial charge is 0.325 e. The predicted octanol–water partition coefficient (Wildman–Crippen LogP) is 1.13. The van der Waals surface area contributed by atoms with Gasteiger partial charge in [0.2, 0.25) is 0 Å². The molecule has 1 fully saturated rings. The first-order chi connectivity index (χ1) is 7.69. The van der Waals surface area contributed by atoms with Crippen LogP contribution in [0.1, 0.15) is 33.1 Å². The van der Waals surface area contributed by atoms with E-state index in [-0.39, 0.29) is 24.6 Å². The van der Waals surface area contributed by atoms with Crippen molar-refractivity contribution in [1.82, 2.24) is 10.2 Å². The molecule has 0 bridgehead atoms. The second-order valence-electron chi connectivity index (χ2n) is 3.90. The molecule has 1 aliphatic rings. The Morgan fingerprint density at radius 3 is 2.56 bits per heavy atom. The second-order valence-corrected chi connectivity index (χ2v) is 3.90. The molecule has 1 aliphatic carbocycles. The molecule has 1 rings (SSSR count). The summed E-state index contributed by atoms with van der Waals surface area (Å²) in [4.78, 5) is 24.6. The maximum Gasteiger partial charge on any atom is 0.325 e. The molecule has 5 heteroatoms. The lowest BCUT2D eigenvalue weighted by Gasteiger charge is -2.21. The van der Waals surface area contributed by atoms with Crippen molar-refractivity contribution in [3.8, 4) is 0 Å². The van der Waals surface area contributed by atoms with Gasteiger partial charge in [-0.15, -0.1) is 0 Å². The van der Waals surface area contributed by atoms with Crippen LogP contribution in [0.25, 0.3) is 0 Å². The van der Waals surface area contributed by atoms with Crippen LogP contribution in [0.2, 0.25) is 0 Å². The number of nitrogens with zero attached hydrogens (tertiary/aromatic N) is 1. The zero-order valence-corrected chi connectivity index (χ0v) is 9.99. The van der Waals surface area contributed by atoms with Crippen molar-refractivity contribution in [2.75, 3.05) is 19.7 Å². The van der Waals surface area contributed by atoms with Crippen molar-refractivity contribution in [2.24, 2.45) is 0 Å². The molecule has 92 valence electrons. The summed E-state index contributed by atoms with van der Waals surface area (Å²) in [5.74, 6) is -0.332. The maximum absolute atomic E-state index is 11.7. The van der Waals surface area contributed by atoms with Crippen molar-refractivity contribution >= 4 is 12.0 Å². The lowest BCUT2D eigenvalue weighted by molar-refractivity contribution is -0.143. The Morgan fingerprint density at radius 2 is 2.06 bits per heavy atom. The summed E-state index contributed by atoms with van der Waals surface area (Å²) in [7, 11) is 0. The predicted molar refractivity (Wildman–Crippen MR) is 60.1 cm³/mol. The molecule has 0 spiro atoms. The van der Waals surface area contributed by atoms with Gasteiger partial charge in [-0.3, -0.25) is 4.79 Å². The summed E-state index contributed by atoms with van der Waals surface area (Å²) >= 11 is 0. The summed E-state index contributed by atoms with van der Waals surface area (Å²) in [6, 6.07) is 0.0682. The van der Waals surface area contributed by atoms with E-state index in [1.54, 1.807) is 11.8 Å². The van der Waals surface area contributed by atoms with Crippen molar-refractivity contribution < 1.29 is 14.3 Å². The number of hydrogen-bond donors (Lipinski definition) is 1. The molecule has 0 saturated heterocycles. The van der Waals surface area contributed by atoms with E-state index in [0.29, 0.717) is 13.2 Å². The number of carbonyl (C=O) groups is 2. The number of amides is 2. The van der Waals surface area contributed by atoms with E-state index in [0.717, 1.165) is 19.3 Å². The highest BCUT2D eigenvalue weighted by molar-refractivity contribution is 5.81. The highest BCUT2D eigenvalue weighted by Crippen LogP contribution is 2.26. The van der Waals surface area contributed by atoms with Gasteiger partial charge >= 0.3 is 12.0 Å². The highest BCUT2D eigenvalue weighted by atomic mass is 16.5. The molecular weight excluding hydrogens is 208 g/mol. The van der Waals surface area contributed by atoms with Crippen molar-refractivity contribution in [1.29, 1.82) is 0 Å². The van der Waals surface area contributed by atoms with Gasteiger partial charge in [-0.2, -0.15) is 0 Å². The lowest BCUT2D eigenvalue weighted by atomic mass is 10.4. The quantitative estimate of drug-likeness (QED) is 0.693. The highest BCUT2D eigenvalue weighted by Gasteiger charge is 2.33. The van der Waals surface area contributed by atoms with Gasteiger partial charge in [-0.05, 0) is 26.2 Å². The molecule has 0 radical (unpaired) electrons.